The first-order valence-electron chi connectivity index (χ1n) is 8.21. The van der Waals surface area contributed by atoms with Gasteiger partial charge in [0.25, 0.3) is 0 Å². The summed E-state index contributed by atoms with van der Waals surface area (Å²) >= 11 is 0. The van der Waals surface area contributed by atoms with E-state index >= 15 is 0 Å². The van der Waals surface area contributed by atoms with Crippen molar-refractivity contribution in [2.45, 2.75) is 19.4 Å². The van der Waals surface area contributed by atoms with Gasteiger partial charge < -0.3 is 14.5 Å². The quantitative estimate of drug-likeness (QED) is 0.852. The van der Waals surface area contributed by atoms with E-state index in [1.54, 1.807) is 18.1 Å². The third-order valence-electron chi connectivity index (χ3n) is 4.44. The summed E-state index contributed by atoms with van der Waals surface area (Å²) in [5.41, 5.74) is 1.16. The standard InChI is InChI=1S/C17H23N5O2/c1-14(22-13-18-12-19-22)17(23)21-9-3-8-20(10-11-21)15-4-6-16(24-2)7-5-15/h4-7,12-14H,3,8-11H2,1-2H3/t14-/m1/s1. The molecule has 24 heavy (non-hydrogen) atoms. The lowest BCUT2D eigenvalue weighted by Gasteiger charge is -2.25. The average Bonchev–Trinajstić information content (AvgIpc) is 3.05. The molecular weight excluding hydrogens is 306 g/mol. The highest BCUT2D eigenvalue weighted by atomic mass is 16.5. The van der Waals surface area contributed by atoms with Crippen LogP contribution < -0.4 is 9.64 Å². The number of methoxy groups -OCH3 is 1. The number of rotatable bonds is 4. The largest absolute Gasteiger partial charge is 0.497 e. The summed E-state index contributed by atoms with van der Waals surface area (Å²) in [5, 5.41) is 4.07. The van der Waals surface area contributed by atoms with E-state index in [0.717, 1.165) is 37.5 Å². The molecule has 1 aliphatic heterocycles. The Hall–Kier alpha value is -2.57. The lowest BCUT2D eigenvalue weighted by atomic mass is 10.2. The molecule has 0 aliphatic carbocycles. The number of hydrogen-bond donors (Lipinski definition) is 0. The van der Waals surface area contributed by atoms with Gasteiger partial charge in [0.15, 0.2) is 0 Å². The molecule has 7 heteroatoms. The zero-order valence-electron chi connectivity index (χ0n) is 14.1. The molecule has 1 aliphatic rings. The molecule has 1 atom stereocenters. The van der Waals surface area contributed by atoms with Crippen molar-refractivity contribution in [2.75, 3.05) is 38.2 Å². The van der Waals surface area contributed by atoms with Gasteiger partial charge in [-0.1, -0.05) is 0 Å². The van der Waals surface area contributed by atoms with Crippen LogP contribution in [0.5, 0.6) is 5.75 Å². The van der Waals surface area contributed by atoms with Crippen molar-refractivity contribution in [3.05, 3.63) is 36.9 Å². The molecule has 0 bridgehead atoms. The predicted molar refractivity (Wildman–Crippen MR) is 91.1 cm³/mol. The van der Waals surface area contributed by atoms with E-state index in [4.69, 9.17) is 4.74 Å². The SMILES string of the molecule is COc1ccc(N2CCCN(C(=O)[C@@H](C)n3cncn3)CC2)cc1. The van der Waals surface area contributed by atoms with Crippen molar-refractivity contribution in [1.29, 1.82) is 0 Å². The lowest BCUT2D eigenvalue weighted by Crippen LogP contribution is -2.39. The number of nitrogens with zero attached hydrogens (tertiary/aromatic N) is 5. The van der Waals surface area contributed by atoms with Crippen molar-refractivity contribution in [3.63, 3.8) is 0 Å². The van der Waals surface area contributed by atoms with Gasteiger partial charge >= 0.3 is 0 Å². The van der Waals surface area contributed by atoms with Crippen LogP contribution in [0, 0.1) is 0 Å². The summed E-state index contributed by atoms with van der Waals surface area (Å²) < 4.78 is 6.81. The Morgan fingerprint density at radius 2 is 1.96 bits per heavy atom. The van der Waals surface area contributed by atoms with E-state index in [1.165, 1.54) is 6.33 Å². The van der Waals surface area contributed by atoms with E-state index in [0.29, 0.717) is 6.54 Å². The fourth-order valence-corrected chi connectivity index (χ4v) is 2.98. The number of aromatic nitrogens is 3. The minimum Gasteiger partial charge on any atom is -0.497 e. The predicted octanol–water partition coefficient (Wildman–Crippen LogP) is 1.59. The van der Waals surface area contributed by atoms with Crippen molar-refractivity contribution < 1.29 is 9.53 Å². The molecule has 1 aromatic heterocycles. The van der Waals surface area contributed by atoms with Crippen molar-refractivity contribution >= 4 is 11.6 Å². The van der Waals surface area contributed by atoms with Gasteiger partial charge in [0.2, 0.25) is 5.91 Å². The molecule has 128 valence electrons. The molecule has 1 fully saturated rings. The van der Waals surface area contributed by atoms with Crippen molar-refractivity contribution in [1.82, 2.24) is 19.7 Å². The monoisotopic (exact) mass is 329 g/mol. The summed E-state index contributed by atoms with van der Waals surface area (Å²) in [6, 6.07) is 7.74. The maximum Gasteiger partial charge on any atom is 0.247 e. The first-order chi connectivity index (χ1) is 11.7. The molecule has 0 unspecified atom stereocenters. The number of amides is 1. The van der Waals surface area contributed by atoms with Crippen LogP contribution in [-0.2, 0) is 4.79 Å². The van der Waals surface area contributed by atoms with Crippen LogP contribution in [0.15, 0.2) is 36.9 Å². The molecule has 0 radical (unpaired) electrons. The van der Waals surface area contributed by atoms with Gasteiger partial charge in [-0.15, -0.1) is 0 Å². The molecule has 7 nitrogen and oxygen atoms in total. The van der Waals surface area contributed by atoms with Crippen LogP contribution in [0.2, 0.25) is 0 Å². The number of hydrogen-bond acceptors (Lipinski definition) is 5. The average molecular weight is 329 g/mol. The molecule has 1 amide bonds. The van der Waals surface area contributed by atoms with Gasteiger partial charge in [-0.3, -0.25) is 4.79 Å². The van der Waals surface area contributed by atoms with E-state index in [1.807, 2.05) is 24.0 Å². The maximum absolute atomic E-state index is 12.7. The summed E-state index contributed by atoms with van der Waals surface area (Å²) in [5.74, 6) is 0.948. The van der Waals surface area contributed by atoms with E-state index in [2.05, 4.69) is 27.1 Å². The molecule has 1 aromatic carbocycles. The Morgan fingerprint density at radius 1 is 1.17 bits per heavy atom. The molecular formula is C17H23N5O2. The van der Waals surface area contributed by atoms with Crippen LogP contribution in [0.4, 0.5) is 5.69 Å². The Labute approximate surface area is 141 Å². The Morgan fingerprint density at radius 3 is 2.62 bits per heavy atom. The zero-order valence-corrected chi connectivity index (χ0v) is 14.1. The molecule has 1 saturated heterocycles. The second-order valence-corrected chi connectivity index (χ2v) is 5.92. The number of benzene rings is 1. The molecule has 3 rings (SSSR count). The zero-order chi connectivity index (χ0) is 16.9. The number of ether oxygens (including phenoxy) is 1. The fourth-order valence-electron chi connectivity index (χ4n) is 2.98. The van der Waals surface area contributed by atoms with Gasteiger partial charge in [0, 0.05) is 31.9 Å². The molecule has 0 saturated carbocycles. The highest BCUT2D eigenvalue weighted by Crippen LogP contribution is 2.21. The van der Waals surface area contributed by atoms with Crippen LogP contribution >= 0.6 is 0 Å². The summed E-state index contributed by atoms with van der Waals surface area (Å²) in [4.78, 5) is 20.8. The van der Waals surface area contributed by atoms with Crippen LogP contribution in [0.25, 0.3) is 0 Å². The topological polar surface area (TPSA) is 63.5 Å². The third kappa shape index (κ3) is 3.50. The second-order valence-electron chi connectivity index (χ2n) is 5.92. The number of anilines is 1. The minimum absolute atomic E-state index is 0.0945. The van der Waals surface area contributed by atoms with Gasteiger partial charge in [0.1, 0.15) is 24.4 Å². The van der Waals surface area contributed by atoms with Gasteiger partial charge in [-0.05, 0) is 37.6 Å². The number of carbonyl (C=O) groups excluding carboxylic acids is 1. The third-order valence-corrected chi connectivity index (χ3v) is 4.44. The molecule has 2 heterocycles. The first kappa shape index (κ1) is 16.3. The summed E-state index contributed by atoms with van der Waals surface area (Å²) in [6.45, 7) is 5.10. The van der Waals surface area contributed by atoms with E-state index < -0.39 is 0 Å². The number of carbonyl (C=O) groups is 1. The van der Waals surface area contributed by atoms with E-state index in [-0.39, 0.29) is 11.9 Å². The van der Waals surface area contributed by atoms with Gasteiger partial charge in [-0.25, -0.2) is 9.67 Å². The Bertz CT molecular complexity index is 656. The minimum atomic E-state index is -0.319. The maximum atomic E-state index is 12.7. The van der Waals surface area contributed by atoms with E-state index in [9.17, 15) is 4.79 Å². The normalized spacial score (nSPS) is 16.6. The Kier molecular flexibility index (Phi) is 4.98. The first-order valence-corrected chi connectivity index (χ1v) is 8.21. The Balaban J connectivity index is 1.63. The van der Waals surface area contributed by atoms with Crippen molar-refractivity contribution in [3.8, 4) is 5.75 Å². The fraction of sp³-hybridized carbons (Fsp3) is 0.471. The van der Waals surface area contributed by atoms with Gasteiger partial charge in [-0.2, -0.15) is 5.10 Å². The molecule has 0 spiro atoms. The molecule has 0 N–H and O–H groups in total. The highest BCUT2D eigenvalue weighted by Gasteiger charge is 2.24. The second kappa shape index (κ2) is 7.33. The molecule has 2 aromatic rings. The van der Waals surface area contributed by atoms with Crippen LogP contribution in [0.3, 0.4) is 0 Å². The summed E-state index contributed by atoms with van der Waals surface area (Å²) in [7, 11) is 1.67. The van der Waals surface area contributed by atoms with Crippen molar-refractivity contribution in [2.24, 2.45) is 0 Å². The van der Waals surface area contributed by atoms with Crippen LogP contribution in [0.1, 0.15) is 19.4 Å². The summed E-state index contributed by atoms with van der Waals surface area (Å²) in [6.07, 6.45) is 3.99. The highest BCUT2D eigenvalue weighted by molar-refractivity contribution is 5.80. The smallest absolute Gasteiger partial charge is 0.247 e. The van der Waals surface area contributed by atoms with Gasteiger partial charge in [0.05, 0.1) is 7.11 Å². The van der Waals surface area contributed by atoms with Crippen LogP contribution in [-0.4, -0.2) is 58.9 Å². The lowest BCUT2D eigenvalue weighted by molar-refractivity contribution is -0.134.